The summed E-state index contributed by atoms with van der Waals surface area (Å²) in [6.45, 7) is 1.75. The smallest absolute Gasteiger partial charge is 0.307 e. The van der Waals surface area contributed by atoms with Gasteiger partial charge in [-0.25, -0.2) is 0 Å². The van der Waals surface area contributed by atoms with Gasteiger partial charge < -0.3 is 14.6 Å². The van der Waals surface area contributed by atoms with Gasteiger partial charge in [-0.1, -0.05) is 6.08 Å². The van der Waals surface area contributed by atoms with Gasteiger partial charge in [-0.15, -0.1) is 0 Å². The second-order valence-corrected chi connectivity index (χ2v) is 4.22. The van der Waals surface area contributed by atoms with Gasteiger partial charge in [0.15, 0.2) is 0 Å². The molecule has 0 aliphatic carbocycles. The van der Waals surface area contributed by atoms with Gasteiger partial charge in [0.1, 0.15) is 17.1 Å². The van der Waals surface area contributed by atoms with Crippen LogP contribution in [0.2, 0.25) is 0 Å². The Morgan fingerprint density at radius 3 is 2.94 bits per heavy atom. The molecule has 0 spiro atoms. The van der Waals surface area contributed by atoms with Crippen molar-refractivity contribution >= 4 is 12.0 Å². The molecule has 17 heavy (non-hydrogen) atoms. The number of aliphatic carboxylic acids is 1. The Morgan fingerprint density at radius 1 is 1.53 bits per heavy atom. The van der Waals surface area contributed by atoms with Crippen LogP contribution >= 0.6 is 0 Å². The first kappa shape index (κ1) is 11.5. The SMILES string of the molecule is COc1ccc2c(c1)C=CC(C)(CC(=O)O)O2. The van der Waals surface area contributed by atoms with Crippen molar-refractivity contribution < 1.29 is 19.4 Å². The fraction of sp³-hybridized carbons (Fsp3) is 0.308. The number of carboxylic acid groups (broad SMARTS) is 1. The van der Waals surface area contributed by atoms with Crippen molar-refractivity contribution in [3.05, 3.63) is 29.8 Å². The number of rotatable bonds is 3. The minimum Gasteiger partial charge on any atom is -0.497 e. The third kappa shape index (κ3) is 2.41. The van der Waals surface area contributed by atoms with Gasteiger partial charge in [0.05, 0.1) is 13.5 Å². The highest BCUT2D eigenvalue weighted by molar-refractivity contribution is 5.71. The molecule has 0 saturated heterocycles. The van der Waals surface area contributed by atoms with Crippen LogP contribution in [-0.2, 0) is 4.79 Å². The third-order valence-electron chi connectivity index (χ3n) is 2.68. The zero-order valence-corrected chi connectivity index (χ0v) is 9.77. The van der Waals surface area contributed by atoms with Crippen LogP contribution in [0.5, 0.6) is 11.5 Å². The Morgan fingerprint density at radius 2 is 2.29 bits per heavy atom. The van der Waals surface area contributed by atoms with Crippen LogP contribution in [0, 0.1) is 0 Å². The summed E-state index contributed by atoms with van der Waals surface area (Å²) in [6, 6.07) is 5.43. The highest BCUT2D eigenvalue weighted by atomic mass is 16.5. The molecule has 1 heterocycles. The largest absolute Gasteiger partial charge is 0.497 e. The maximum Gasteiger partial charge on any atom is 0.307 e. The molecule has 1 aliphatic heterocycles. The molecule has 1 N–H and O–H groups in total. The van der Waals surface area contributed by atoms with Crippen LogP contribution in [0.25, 0.3) is 6.08 Å². The third-order valence-corrected chi connectivity index (χ3v) is 2.68. The van der Waals surface area contributed by atoms with E-state index in [-0.39, 0.29) is 6.42 Å². The molecule has 1 aromatic rings. The zero-order valence-electron chi connectivity index (χ0n) is 9.77. The van der Waals surface area contributed by atoms with Crippen LogP contribution in [0.3, 0.4) is 0 Å². The Bertz CT molecular complexity index is 478. The number of ether oxygens (including phenoxy) is 2. The molecule has 0 saturated carbocycles. The predicted molar refractivity (Wildman–Crippen MR) is 63.3 cm³/mol. The van der Waals surface area contributed by atoms with Crippen molar-refractivity contribution in [2.24, 2.45) is 0 Å². The summed E-state index contributed by atoms with van der Waals surface area (Å²) in [4.78, 5) is 10.8. The van der Waals surface area contributed by atoms with Crippen molar-refractivity contribution in [2.45, 2.75) is 18.9 Å². The molecular formula is C13H14O4. The van der Waals surface area contributed by atoms with Crippen molar-refractivity contribution in [1.29, 1.82) is 0 Å². The molecule has 0 bridgehead atoms. The highest BCUT2D eigenvalue weighted by Crippen LogP contribution is 2.34. The molecule has 1 atom stereocenters. The maximum atomic E-state index is 10.8. The minimum absolute atomic E-state index is 0.0605. The number of hydrogen-bond acceptors (Lipinski definition) is 3. The van der Waals surface area contributed by atoms with Gasteiger partial charge >= 0.3 is 5.97 Å². The minimum atomic E-state index is -0.880. The van der Waals surface area contributed by atoms with Gasteiger partial charge in [0.2, 0.25) is 0 Å². The number of methoxy groups -OCH3 is 1. The summed E-state index contributed by atoms with van der Waals surface area (Å²) in [6.07, 6.45) is 3.57. The number of carboxylic acids is 1. The van der Waals surface area contributed by atoms with E-state index in [0.717, 1.165) is 11.3 Å². The zero-order chi connectivity index (χ0) is 12.5. The molecule has 1 aromatic carbocycles. The molecule has 4 heteroatoms. The highest BCUT2D eigenvalue weighted by Gasteiger charge is 2.30. The number of benzene rings is 1. The van der Waals surface area contributed by atoms with E-state index in [1.807, 2.05) is 12.1 Å². The van der Waals surface area contributed by atoms with E-state index in [9.17, 15) is 4.79 Å². The van der Waals surface area contributed by atoms with Crippen LogP contribution < -0.4 is 9.47 Å². The Hall–Kier alpha value is -1.97. The van der Waals surface area contributed by atoms with E-state index in [1.54, 1.807) is 32.2 Å². The summed E-state index contributed by atoms with van der Waals surface area (Å²) >= 11 is 0. The van der Waals surface area contributed by atoms with Crippen molar-refractivity contribution in [3.8, 4) is 11.5 Å². The van der Waals surface area contributed by atoms with Gasteiger partial charge in [-0.3, -0.25) is 4.79 Å². The number of carbonyl (C=O) groups is 1. The summed E-state index contributed by atoms with van der Waals surface area (Å²) in [5.74, 6) is 0.546. The van der Waals surface area contributed by atoms with E-state index in [2.05, 4.69) is 0 Å². The molecule has 0 radical (unpaired) electrons. The van der Waals surface area contributed by atoms with Gasteiger partial charge in [0.25, 0.3) is 0 Å². The first-order chi connectivity index (χ1) is 8.02. The van der Waals surface area contributed by atoms with Crippen LogP contribution in [0.1, 0.15) is 18.9 Å². The van der Waals surface area contributed by atoms with E-state index < -0.39 is 11.6 Å². The lowest BCUT2D eigenvalue weighted by atomic mass is 9.97. The topological polar surface area (TPSA) is 55.8 Å². The second kappa shape index (κ2) is 4.13. The lowest BCUT2D eigenvalue weighted by molar-refractivity contribution is -0.140. The normalized spacial score (nSPS) is 21.5. The maximum absolute atomic E-state index is 10.8. The molecule has 90 valence electrons. The summed E-state index contributed by atoms with van der Waals surface area (Å²) in [7, 11) is 1.60. The molecule has 0 fully saturated rings. The quantitative estimate of drug-likeness (QED) is 0.872. The van der Waals surface area contributed by atoms with E-state index >= 15 is 0 Å². The molecular weight excluding hydrogens is 220 g/mol. The molecule has 0 aromatic heterocycles. The van der Waals surface area contributed by atoms with E-state index in [4.69, 9.17) is 14.6 Å². The average Bonchev–Trinajstić information content (AvgIpc) is 2.27. The Kier molecular flexibility index (Phi) is 2.79. The fourth-order valence-corrected chi connectivity index (χ4v) is 1.82. The number of fused-ring (bicyclic) bond motifs is 1. The molecule has 1 aliphatic rings. The van der Waals surface area contributed by atoms with Crippen molar-refractivity contribution in [1.82, 2.24) is 0 Å². The average molecular weight is 234 g/mol. The van der Waals surface area contributed by atoms with Crippen LogP contribution in [-0.4, -0.2) is 23.8 Å². The summed E-state index contributed by atoms with van der Waals surface area (Å²) < 4.78 is 10.8. The van der Waals surface area contributed by atoms with Gasteiger partial charge in [-0.05, 0) is 31.2 Å². The fourth-order valence-electron chi connectivity index (χ4n) is 1.82. The Balaban J connectivity index is 2.29. The number of hydrogen-bond donors (Lipinski definition) is 1. The van der Waals surface area contributed by atoms with Gasteiger partial charge in [0, 0.05) is 5.56 Å². The predicted octanol–water partition coefficient (Wildman–Crippen LogP) is 2.33. The van der Waals surface area contributed by atoms with Gasteiger partial charge in [-0.2, -0.15) is 0 Å². The summed E-state index contributed by atoms with van der Waals surface area (Å²) in [5, 5.41) is 8.83. The van der Waals surface area contributed by atoms with Crippen LogP contribution in [0.4, 0.5) is 0 Å². The molecule has 2 rings (SSSR count). The first-order valence-electron chi connectivity index (χ1n) is 5.30. The van der Waals surface area contributed by atoms with Crippen molar-refractivity contribution in [3.63, 3.8) is 0 Å². The molecule has 4 nitrogen and oxygen atoms in total. The molecule has 1 unspecified atom stereocenters. The lowest BCUT2D eigenvalue weighted by Crippen LogP contribution is -2.34. The standard InChI is InChI=1S/C13H14O4/c1-13(8-12(14)15)6-5-9-7-10(16-2)3-4-11(9)17-13/h3-7H,8H2,1-2H3,(H,14,15). The second-order valence-electron chi connectivity index (χ2n) is 4.22. The first-order valence-corrected chi connectivity index (χ1v) is 5.30. The summed E-state index contributed by atoms with van der Waals surface area (Å²) in [5.41, 5.74) is 0.111. The van der Waals surface area contributed by atoms with Crippen LogP contribution in [0.15, 0.2) is 24.3 Å². The Labute approximate surface area is 99.5 Å². The monoisotopic (exact) mass is 234 g/mol. The van der Waals surface area contributed by atoms with E-state index in [1.165, 1.54) is 0 Å². The van der Waals surface area contributed by atoms with E-state index in [0.29, 0.717) is 5.75 Å². The lowest BCUT2D eigenvalue weighted by Gasteiger charge is -2.30. The van der Waals surface area contributed by atoms with Crippen molar-refractivity contribution in [2.75, 3.05) is 7.11 Å². The molecule has 0 amide bonds.